The van der Waals surface area contributed by atoms with Gasteiger partial charge in [0.15, 0.2) is 6.61 Å². The number of benzene rings is 1. The summed E-state index contributed by atoms with van der Waals surface area (Å²) in [7, 11) is -3.19. The molecule has 0 fully saturated rings. The monoisotopic (exact) mass is 403 g/mol. The summed E-state index contributed by atoms with van der Waals surface area (Å²) in [5.41, 5.74) is 0. The fraction of sp³-hybridized carbons (Fsp3) is 0.611. The predicted octanol–water partition coefficient (Wildman–Crippen LogP) is 3.52. The summed E-state index contributed by atoms with van der Waals surface area (Å²) in [6.07, 6.45) is 6.37. The second-order valence-electron chi connectivity index (χ2n) is 5.98. The third-order valence-electron chi connectivity index (χ3n) is 3.65. The van der Waals surface area contributed by atoms with Crippen LogP contribution in [0.5, 0.6) is 5.75 Å². The molecule has 0 radical (unpaired) electrons. The van der Waals surface area contributed by atoms with Crippen LogP contribution in [-0.4, -0.2) is 44.2 Å². The van der Waals surface area contributed by atoms with Gasteiger partial charge in [0.05, 0.1) is 5.75 Å². The van der Waals surface area contributed by atoms with Gasteiger partial charge in [-0.05, 0) is 30.7 Å². The molecule has 26 heavy (non-hydrogen) atoms. The summed E-state index contributed by atoms with van der Waals surface area (Å²) in [6, 6.07) is 7.06. The first-order valence-electron chi connectivity index (χ1n) is 8.98. The first-order valence-corrected chi connectivity index (χ1v) is 11.6. The van der Waals surface area contributed by atoms with Crippen molar-refractivity contribution >= 4 is 27.8 Å². The number of hydrogen-bond donors (Lipinski definition) is 2. The van der Waals surface area contributed by atoms with E-state index >= 15 is 0 Å². The summed E-state index contributed by atoms with van der Waals surface area (Å²) in [6.45, 7) is 2.18. The molecule has 0 spiro atoms. The molecule has 2 N–H and O–H groups in total. The Kier molecular flexibility index (Phi) is 11.4. The van der Waals surface area contributed by atoms with Crippen molar-refractivity contribution in [3.8, 4) is 5.75 Å². The van der Waals surface area contributed by atoms with Gasteiger partial charge in [-0.25, -0.2) is 17.9 Å². The lowest BCUT2D eigenvalue weighted by Gasteiger charge is -2.07. The zero-order valence-electron chi connectivity index (χ0n) is 15.3. The Balaban J connectivity index is 2.17. The van der Waals surface area contributed by atoms with Gasteiger partial charge < -0.3 is 9.84 Å². The third-order valence-corrected chi connectivity index (χ3v) is 6.13. The number of thioether (sulfide) groups is 1. The van der Waals surface area contributed by atoms with E-state index in [1.165, 1.54) is 31.0 Å². The zero-order valence-corrected chi connectivity index (χ0v) is 16.9. The number of hydrogen-bond acceptors (Lipinski definition) is 5. The van der Waals surface area contributed by atoms with E-state index in [2.05, 4.69) is 11.6 Å². The first-order chi connectivity index (χ1) is 12.4. The van der Waals surface area contributed by atoms with Gasteiger partial charge in [0, 0.05) is 17.2 Å². The molecule has 1 aromatic carbocycles. The molecule has 0 aliphatic heterocycles. The van der Waals surface area contributed by atoms with Crippen LogP contribution in [0.1, 0.15) is 45.4 Å². The molecule has 0 atom stereocenters. The van der Waals surface area contributed by atoms with E-state index in [0.717, 1.165) is 17.7 Å². The van der Waals surface area contributed by atoms with E-state index in [9.17, 15) is 13.2 Å². The van der Waals surface area contributed by atoms with Crippen molar-refractivity contribution in [1.82, 2.24) is 4.72 Å². The summed E-state index contributed by atoms with van der Waals surface area (Å²) in [5.74, 6) is 0.304. The van der Waals surface area contributed by atoms with Gasteiger partial charge >= 0.3 is 5.97 Å². The van der Waals surface area contributed by atoms with Crippen molar-refractivity contribution in [3.63, 3.8) is 0 Å². The molecular formula is C18H29NO5S2. The van der Waals surface area contributed by atoms with Crippen molar-refractivity contribution in [2.75, 3.05) is 24.7 Å². The largest absolute Gasteiger partial charge is 0.482 e. The quantitative estimate of drug-likeness (QED) is 0.344. The molecule has 0 saturated heterocycles. The van der Waals surface area contributed by atoms with Crippen molar-refractivity contribution in [3.05, 3.63) is 24.3 Å². The van der Waals surface area contributed by atoms with Crippen LogP contribution in [0.4, 0.5) is 0 Å². The number of nitrogens with one attached hydrogen (secondary N) is 1. The van der Waals surface area contributed by atoms with Crippen LogP contribution in [0.25, 0.3) is 0 Å². The highest BCUT2D eigenvalue weighted by Gasteiger charge is 2.09. The van der Waals surface area contributed by atoms with Gasteiger partial charge in [-0.1, -0.05) is 39.0 Å². The molecule has 0 heterocycles. The van der Waals surface area contributed by atoms with Crippen molar-refractivity contribution < 1.29 is 23.1 Å². The number of rotatable bonds is 15. The van der Waals surface area contributed by atoms with Gasteiger partial charge in [0.25, 0.3) is 0 Å². The van der Waals surface area contributed by atoms with Crippen LogP contribution in [0, 0.1) is 0 Å². The Morgan fingerprint density at radius 2 is 1.77 bits per heavy atom. The fourth-order valence-corrected chi connectivity index (χ4v) is 4.33. The van der Waals surface area contributed by atoms with E-state index in [-0.39, 0.29) is 12.4 Å². The number of carboxylic acid groups (broad SMARTS) is 1. The Bertz CT molecular complexity index is 617. The Labute approximate surface area is 160 Å². The van der Waals surface area contributed by atoms with E-state index in [1.807, 2.05) is 12.1 Å². The number of aliphatic carboxylic acids is 1. The molecule has 0 aliphatic rings. The number of ether oxygens (including phenoxy) is 1. The highest BCUT2D eigenvalue weighted by atomic mass is 32.2. The Hall–Kier alpha value is -1.25. The number of sulfonamides is 1. The van der Waals surface area contributed by atoms with Gasteiger partial charge in [0.2, 0.25) is 10.0 Å². The Morgan fingerprint density at radius 3 is 2.42 bits per heavy atom. The number of unbranched alkanes of at least 4 members (excludes halogenated alkanes) is 5. The second-order valence-corrected chi connectivity index (χ2v) is 9.08. The number of carbonyl (C=O) groups is 1. The normalized spacial score (nSPS) is 11.4. The molecule has 0 bridgehead atoms. The average Bonchev–Trinajstić information content (AvgIpc) is 2.61. The molecule has 0 amide bonds. The van der Waals surface area contributed by atoms with Crippen molar-refractivity contribution in [2.45, 2.75) is 50.3 Å². The SMILES string of the molecule is CCCCCCCCS(=O)(=O)NCCSc1ccc(OCC(=O)O)cc1. The molecular weight excluding hydrogens is 374 g/mol. The van der Waals surface area contributed by atoms with Crippen LogP contribution in [0.15, 0.2) is 29.2 Å². The molecule has 0 aromatic heterocycles. The van der Waals surface area contributed by atoms with Crippen molar-refractivity contribution in [1.29, 1.82) is 0 Å². The lowest BCUT2D eigenvalue weighted by Crippen LogP contribution is -2.28. The maximum Gasteiger partial charge on any atom is 0.341 e. The van der Waals surface area contributed by atoms with Gasteiger partial charge in [-0.15, -0.1) is 11.8 Å². The smallest absolute Gasteiger partial charge is 0.341 e. The summed E-state index contributed by atoms with van der Waals surface area (Å²) in [4.78, 5) is 11.4. The first kappa shape index (κ1) is 22.8. The van der Waals surface area contributed by atoms with Gasteiger partial charge in [-0.2, -0.15) is 0 Å². The zero-order chi connectivity index (χ0) is 19.3. The minimum Gasteiger partial charge on any atom is -0.482 e. The number of carboxylic acids is 1. The van der Waals surface area contributed by atoms with Crippen LogP contribution in [0.3, 0.4) is 0 Å². The lowest BCUT2D eigenvalue weighted by atomic mass is 10.1. The van der Waals surface area contributed by atoms with Crippen LogP contribution in [0.2, 0.25) is 0 Å². The summed E-state index contributed by atoms with van der Waals surface area (Å²) < 4.78 is 31.5. The van der Waals surface area contributed by atoms with E-state index in [1.54, 1.807) is 12.1 Å². The van der Waals surface area contributed by atoms with Gasteiger partial charge in [0.1, 0.15) is 5.75 Å². The minimum atomic E-state index is -3.19. The Morgan fingerprint density at radius 1 is 1.12 bits per heavy atom. The molecule has 6 nitrogen and oxygen atoms in total. The van der Waals surface area contributed by atoms with Crippen LogP contribution in [-0.2, 0) is 14.8 Å². The highest BCUT2D eigenvalue weighted by molar-refractivity contribution is 7.99. The molecule has 8 heteroatoms. The molecule has 1 rings (SSSR count). The lowest BCUT2D eigenvalue weighted by molar-refractivity contribution is -0.139. The summed E-state index contributed by atoms with van der Waals surface area (Å²) in [5, 5.41) is 8.56. The van der Waals surface area contributed by atoms with E-state index in [0.29, 0.717) is 24.5 Å². The van der Waals surface area contributed by atoms with Crippen LogP contribution < -0.4 is 9.46 Å². The minimum absolute atomic E-state index is 0.194. The van der Waals surface area contributed by atoms with E-state index < -0.39 is 16.0 Å². The standard InChI is InChI=1S/C18H29NO5S2/c1-2-3-4-5-6-7-14-26(22,23)19-12-13-25-17-10-8-16(9-11-17)24-15-18(20)21/h8-11,19H,2-7,12-15H2,1H3,(H,20,21). The maximum absolute atomic E-state index is 11.9. The summed E-state index contributed by atoms with van der Waals surface area (Å²) >= 11 is 1.53. The van der Waals surface area contributed by atoms with Crippen LogP contribution >= 0.6 is 11.8 Å². The molecule has 148 valence electrons. The molecule has 0 aliphatic carbocycles. The topological polar surface area (TPSA) is 92.7 Å². The molecule has 0 unspecified atom stereocenters. The van der Waals surface area contributed by atoms with Gasteiger partial charge in [-0.3, -0.25) is 0 Å². The maximum atomic E-state index is 11.9. The highest BCUT2D eigenvalue weighted by Crippen LogP contribution is 2.21. The predicted molar refractivity (Wildman–Crippen MR) is 105 cm³/mol. The van der Waals surface area contributed by atoms with E-state index in [4.69, 9.17) is 9.84 Å². The van der Waals surface area contributed by atoms with Crippen molar-refractivity contribution in [2.24, 2.45) is 0 Å². The third kappa shape index (κ3) is 11.4. The average molecular weight is 404 g/mol. The molecule has 0 saturated carbocycles. The fourth-order valence-electron chi connectivity index (χ4n) is 2.29. The molecule has 1 aromatic rings. The second kappa shape index (κ2) is 13.0.